The van der Waals surface area contributed by atoms with Crippen molar-refractivity contribution in [1.82, 2.24) is 9.80 Å². The van der Waals surface area contributed by atoms with Crippen LogP contribution in [0.15, 0.2) is 54.6 Å². The zero-order valence-corrected chi connectivity index (χ0v) is 15.7. The van der Waals surface area contributed by atoms with Gasteiger partial charge in [0.1, 0.15) is 0 Å². The van der Waals surface area contributed by atoms with Gasteiger partial charge in [-0.2, -0.15) is 0 Å². The number of nitrogens with zero attached hydrogens (tertiary/aromatic N) is 3. The molecule has 5 nitrogen and oxygen atoms in total. The lowest BCUT2D eigenvalue weighted by atomic mass is 10.1. The number of hydrogen-bond donors (Lipinski definition) is 0. The summed E-state index contributed by atoms with van der Waals surface area (Å²) in [6, 6.07) is 17.7. The van der Waals surface area contributed by atoms with Crippen molar-refractivity contribution in [3.05, 3.63) is 65.7 Å². The van der Waals surface area contributed by atoms with Crippen molar-refractivity contribution >= 4 is 17.5 Å². The summed E-state index contributed by atoms with van der Waals surface area (Å²) in [6.07, 6.45) is 0.283. The average Bonchev–Trinajstić information content (AvgIpc) is 2.98. The van der Waals surface area contributed by atoms with E-state index in [9.17, 15) is 9.59 Å². The van der Waals surface area contributed by atoms with E-state index in [2.05, 4.69) is 34.1 Å². The fourth-order valence-corrected chi connectivity index (χ4v) is 3.94. The summed E-state index contributed by atoms with van der Waals surface area (Å²) >= 11 is 0. The Morgan fingerprint density at radius 3 is 2.22 bits per heavy atom. The second kappa shape index (κ2) is 7.62. The number of hydrogen-bond acceptors (Lipinski definition) is 4. The second-order valence-electron chi connectivity index (χ2n) is 7.42. The van der Waals surface area contributed by atoms with Gasteiger partial charge in [-0.25, -0.2) is 4.90 Å². The first-order valence-electron chi connectivity index (χ1n) is 9.55. The van der Waals surface area contributed by atoms with E-state index >= 15 is 0 Å². The highest BCUT2D eigenvalue weighted by molar-refractivity contribution is 6.22. The normalized spacial score (nSPS) is 21.8. The summed E-state index contributed by atoms with van der Waals surface area (Å²) < 4.78 is 0. The third-order valence-corrected chi connectivity index (χ3v) is 5.51. The minimum Gasteiger partial charge on any atom is -0.297 e. The van der Waals surface area contributed by atoms with E-state index < -0.39 is 0 Å². The standard InChI is InChI=1S/C22H25N3O2/c1-17-7-9-19(10-8-17)25-21(26)15-20(22(25)27)24-13-11-23(12-14-24)16-18-5-3-2-4-6-18/h2-10,20H,11-16H2,1H3/t20-/m1/s1. The topological polar surface area (TPSA) is 43.9 Å². The first-order chi connectivity index (χ1) is 13.1. The Morgan fingerprint density at radius 1 is 0.889 bits per heavy atom. The van der Waals surface area contributed by atoms with Crippen LogP contribution in [0.3, 0.4) is 0 Å². The van der Waals surface area contributed by atoms with Crippen LogP contribution in [0, 0.1) is 6.92 Å². The van der Waals surface area contributed by atoms with E-state index in [0.29, 0.717) is 5.69 Å². The minimum absolute atomic E-state index is 0.0830. The average molecular weight is 363 g/mol. The molecule has 2 fully saturated rings. The quantitative estimate of drug-likeness (QED) is 0.783. The van der Waals surface area contributed by atoms with Gasteiger partial charge in [0.2, 0.25) is 5.91 Å². The third kappa shape index (κ3) is 3.80. The van der Waals surface area contributed by atoms with Crippen molar-refractivity contribution in [2.24, 2.45) is 0 Å². The van der Waals surface area contributed by atoms with Crippen LogP contribution in [0.2, 0.25) is 0 Å². The van der Waals surface area contributed by atoms with E-state index in [-0.39, 0.29) is 24.3 Å². The molecule has 0 spiro atoms. The lowest BCUT2D eigenvalue weighted by molar-refractivity contribution is -0.123. The maximum atomic E-state index is 12.9. The van der Waals surface area contributed by atoms with Crippen molar-refractivity contribution in [3.8, 4) is 0 Å². The van der Waals surface area contributed by atoms with Crippen LogP contribution in [0.1, 0.15) is 17.5 Å². The SMILES string of the molecule is Cc1ccc(N2C(=O)C[C@@H](N3CCN(Cc4ccccc4)CC3)C2=O)cc1. The molecule has 2 aliphatic heterocycles. The molecule has 0 saturated carbocycles. The molecule has 5 heteroatoms. The number of anilines is 1. The Balaban J connectivity index is 1.38. The van der Waals surface area contributed by atoms with Crippen molar-refractivity contribution in [1.29, 1.82) is 0 Å². The molecule has 0 aromatic heterocycles. The molecule has 2 amide bonds. The summed E-state index contributed by atoms with van der Waals surface area (Å²) in [5.74, 6) is -0.180. The van der Waals surface area contributed by atoms with Gasteiger partial charge in [-0.1, -0.05) is 48.0 Å². The number of aryl methyl sites for hydroxylation is 1. The smallest absolute Gasteiger partial charge is 0.251 e. The molecule has 0 unspecified atom stereocenters. The van der Waals surface area contributed by atoms with Crippen LogP contribution in [-0.4, -0.2) is 53.8 Å². The van der Waals surface area contributed by atoms with Gasteiger partial charge in [0.05, 0.1) is 18.2 Å². The summed E-state index contributed by atoms with van der Waals surface area (Å²) in [5.41, 5.74) is 3.10. The summed E-state index contributed by atoms with van der Waals surface area (Å²) in [5, 5.41) is 0. The van der Waals surface area contributed by atoms with Crippen LogP contribution in [0.25, 0.3) is 0 Å². The summed E-state index contributed by atoms with van der Waals surface area (Å²) in [6.45, 7) is 6.39. The third-order valence-electron chi connectivity index (χ3n) is 5.51. The van der Waals surface area contributed by atoms with E-state index in [1.165, 1.54) is 10.5 Å². The van der Waals surface area contributed by atoms with Gasteiger partial charge in [-0.15, -0.1) is 0 Å². The Bertz CT molecular complexity index is 811. The lowest BCUT2D eigenvalue weighted by Gasteiger charge is -2.37. The molecule has 0 bridgehead atoms. The molecule has 2 heterocycles. The molecule has 2 aromatic carbocycles. The molecule has 0 radical (unpaired) electrons. The monoisotopic (exact) mass is 363 g/mol. The van der Waals surface area contributed by atoms with Crippen LogP contribution in [0.5, 0.6) is 0 Å². The largest absolute Gasteiger partial charge is 0.297 e. The Kier molecular flexibility index (Phi) is 5.05. The van der Waals surface area contributed by atoms with Crippen molar-refractivity contribution in [3.63, 3.8) is 0 Å². The molecule has 2 saturated heterocycles. The molecular formula is C22H25N3O2. The summed E-state index contributed by atoms with van der Waals surface area (Å²) in [4.78, 5) is 31.4. The van der Waals surface area contributed by atoms with E-state index in [0.717, 1.165) is 38.3 Å². The van der Waals surface area contributed by atoms with Crippen molar-refractivity contribution < 1.29 is 9.59 Å². The number of rotatable bonds is 4. The van der Waals surface area contributed by atoms with Crippen LogP contribution in [-0.2, 0) is 16.1 Å². The Labute approximate surface area is 160 Å². The van der Waals surface area contributed by atoms with Crippen LogP contribution in [0.4, 0.5) is 5.69 Å². The predicted molar refractivity (Wildman–Crippen MR) is 105 cm³/mol. The Hall–Kier alpha value is -2.50. The summed E-state index contributed by atoms with van der Waals surface area (Å²) in [7, 11) is 0. The van der Waals surface area contributed by atoms with Crippen molar-refractivity contribution in [2.75, 3.05) is 31.1 Å². The highest BCUT2D eigenvalue weighted by Gasteiger charge is 2.43. The molecule has 140 valence electrons. The Morgan fingerprint density at radius 2 is 1.56 bits per heavy atom. The van der Waals surface area contributed by atoms with E-state index in [1.807, 2.05) is 37.3 Å². The molecule has 1 atom stereocenters. The number of imide groups is 1. The zero-order valence-electron chi connectivity index (χ0n) is 15.7. The van der Waals surface area contributed by atoms with Gasteiger partial charge in [-0.3, -0.25) is 19.4 Å². The predicted octanol–water partition coefficient (Wildman–Crippen LogP) is 2.44. The van der Waals surface area contributed by atoms with Gasteiger partial charge in [-0.05, 0) is 24.6 Å². The molecule has 2 aromatic rings. The molecular weight excluding hydrogens is 338 g/mol. The number of piperazine rings is 1. The molecule has 2 aliphatic rings. The number of amides is 2. The van der Waals surface area contributed by atoms with Crippen LogP contribution < -0.4 is 4.90 Å². The van der Waals surface area contributed by atoms with Crippen molar-refractivity contribution in [2.45, 2.75) is 25.9 Å². The van der Waals surface area contributed by atoms with E-state index in [1.54, 1.807) is 0 Å². The zero-order chi connectivity index (χ0) is 18.8. The minimum atomic E-state index is -0.322. The van der Waals surface area contributed by atoms with Gasteiger partial charge >= 0.3 is 0 Å². The first kappa shape index (κ1) is 17.9. The first-order valence-corrected chi connectivity index (χ1v) is 9.55. The number of benzene rings is 2. The highest BCUT2D eigenvalue weighted by Crippen LogP contribution is 2.26. The molecule has 0 N–H and O–H groups in total. The fraction of sp³-hybridized carbons (Fsp3) is 0.364. The maximum Gasteiger partial charge on any atom is 0.251 e. The van der Waals surface area contributed by atoms with Gasteiger partial charge < -0.3 is 0 Å². The van der Waals surface area contributed by atoms with Crippen LogP contribution >= 0.6 is 0 Å². The maximum absolute atomic E-state index is 12.9. The second-order valence-corrected chi connectivity index (χ2v) is 7.42. The number of carbonyl (C=O) groups is 2. The molecule has 4 rings (SSSR count). The fourth-order valence-electron chi connectivity index (χ4n) is 3.94. The van der Waals surface area contributed by atoms with Gasteiger partial charge in [0, 0.05) is 32.7 Å². The molecule has 27 heavy (non-hydrogen) atoms. The highest BCUT2D eigenvalue weighted by atomic mass is 16.2. The number of carbonyl (C=O) groups excluding carboxylic acids is 2. The lowest BCUT2D eigenvalue weighted by Crippen LogP contribution is -2.52. The van der Waals surface area contributed by atoms with Gasteiger partial charge in [0.15, 0.2) is 0 Å². The van der Waals surface area contributed by atoms with E-state index in [4.69, 9.17) is 0 Å². The van der Waals surface area contributed by atoms with Gasteiger partial charge in [0.25, 0.3) is 5.91 Å². The molecule has 0 aliphatic carbocycles.